The molecule has 1 heterocycles. The fourth-order valence-electron chi connectivity index (χ4n) is 1.02. The summed E-state index contributed by atoms with van der Waals surface area (Å²) in [5, 5.41) is 0.481. The largest absolute Gasteiger partial charge is 0.469 e. The van der Waals surface area contributed by atoms with Crippen LogP contribution in [0.1, 0.15) is 6.42 Å². The first-order valence-corrected chi connectivity index (χ1v) is 4.75. The van der Waals surface area contributed by atoms with Gasteiger partial charge in [-0.05, 0) is 0 Å². The summed E-state index contributed by atoms with van der Waals surface area (Å²) in [5.74, 6) is -1.12. The van der Waals surface area contributed by atoms with Crippen LogP contribution >= 0.6 is 15.9 Å². The van der Waals surface area contributed by atoms with E-state index in [1.54, 1.807) is 0 Å². The lowest BCUT2D eigenvalue weighted by molar-refractivity contribution is -0.170. The number of hydrogen-bond acceptors (Lipinski definition) is 4. The monoisotopic (exact) mass is 238 g/mol. The molecule has 12 heavy (non-hydrogen) atoms. The van der Waals surface area contributed by atoms with Crippen LogP contribution in [-0.4, -0.2) is 37.4 Å². The van der Waals surface area contributed by atoms with Gasteiger partial charge in [0.05, 0.1) is 25.7 Å². The third-order valence-corrected chi connectivity index (χ3v) is 2.51. The van der Waals surface area contributed by atoms with Gasteiger partial charge in [-0.25, -0.2) is 0 Å². The summed E-state index contributed by atoms with van der Waals surface area (Å²) in [4.78, 5) is 10.9. The fourth-order valence-corrected chi connectivity index (χ4v) is 1.54. The Kier molecular flexibility index (Phi) is 3.49. The Morgan fingerprint density at radius 3 is 2.58 bits per heavy atom. The SMILES string of the molecule is COC(=O)CC1(CBr)OCCO1. The normalized spacial score (nSPS) is 20.8. The van der Waals surface area contributed by atoms with Crippen LogP contribution in [0.2, 0.25) is 0 Å². The van der Waals surface area contributed by atoms with Gasteiger partial charge in [0.2, 0.25) is 0 Å². The summed E-state index contributed by atoms with van der Waals surface area (Å²) >= 11 is 3.23. The van der Waals surface area contributed by atoms with Gasteiger partial charge in [0.15, 0.2) is 5.79 Å². The molecule has 0 amide bonds. The molecule has 0 N–H and O–H groups in total. The number of rotatable bonds is 3. The molecule has 1 rings (SSSR count). The lowest BCUT2D eigenvalue weighted by Gasteiger charge is -2.23. The van der Waals surface area contributed by atoms with Gasteiger partial charge in [-0.15, -0.1) is 0 Å². The number of ether oxygens (including phenoxy) is 3. The van der Waals surface area contributed by atoms with Crippen molar-refractivity contribution >= 4 is 21.9 Å². The molecule has 0 bridgehead atoms. The first-order chi connectivity index (χ1) is 5.72. The average molecular weight is 239 g/mol. The van der Waals surface area contributed by atoms with Gasteiger partial charge < -0.3 is 14.2 Å². The molecule has 5 heteroatoms. The van der Waals surface area contributed by atoms with E-state index in [-0.39, 0.29) is 12.4 Å². The molecule has 0 spiro atoms. The van der Waals surface area contributed by atoms with Gasteiger partial charge in [0.1, 0.15) is 6.42 Å². The van der Waals surface area contributed by atoms with Crippen LogP contribution in [0, 0.1) is 0 Å². The third kappa shape index (κ3) is 2.18. The van der Waals surface area contributed by atoms with Crippen LogP contribution in [0.5, 0.6) is 0 Å². The van der Waals surface area contributed by atoms with Crippen LogP contribution < -0.4 is 0 Å². The number of esters is 1. The number of carbonyl (C=O) groups is 1. The van der Waals surface area contributed by atoms with E-state index in [2.05, 4.69) is 20.7 Å². The Morgan fingerprint density at radius 2 is 2.17 bits per heavy atom. The van der Waals surface area contributed by atoms with Crippen LogP contribution in [0.15, 0.2) is 0 Å². The molecule has 1 aliphatic heterocycles. The molecule has 0 saturated carbocycles. The molecule has 0 unspecified atom stereocenters. The Morgan fingerprint density at radius 1 is 1.58 bits per heavy atom. The Hall–Kier alpha value is -0.130. The van der Waals surface area contributed by atoms with Crippen LogP contribution in [0.4, 0.5) is 0 Å². The topological polar surface area (TPSA) is 44.8 Å². The molecule has 0 radical (unpaired) electrons. The zero-order valence-corrected chi connectivity index (χ0v) is 8.43. The van der Waals surface area contributed by atoms with Gasteiger partial charge >= 0.3 is 5.97 Å². The average Bonchev–Trinajstić information content (AvgIpc) is 2.54. The van der Waals surface area contributed by atoms with E-state index in [9.17, 15) is 4.79 Å². The Labute approximate surface area is 79.3 Å². The molecule has 70 valence electrons. The van der Waals surface area contributed by atoms with Crippen molar-refractivity contribution in [1.29, 1.82) is 0 Å². The van der Waals surface area contributed by atoms with Crippen molar-refractivity contribution in [2.75, 3.05) is 25.7 Å². The maximum absolute atomic E-state index is 10.9. The van der Waals surface area contributed by atoms with Gasteiger partial charge in [0, 0.05) is 0 Å². The smallest absolute Gasteiger partial charge is 0.311 e. The summed E-state index contributed by atoms with van der Waals surface area (Å²) < 4.78 is 15.1. The highest BCUT2D eigenvalue weighted by Gasteiger charge is 2.38. The zero-order chi connectivity index (χ0) is 9.03. The van der Waals surface area contributed by atoms with E-state index >= 15 is 0 Å². The maximum Gasteiger partial charge on any atom is 0.311 e. The first kappa shape index (κ1) is 9.95. The van der Waals surface area contributed by atoms with E-state index in [0.29, 0.717) is 18.5 Å². The molecule has 1 saturated heterocycles. The van der Waals surface area contributed by atoms with Crippen molar-refractivity contribution < 1.29 is 19.0 Å². The van der Waals surface area contributed by atoms with E-state index < -0.39 is 5.79 Å². The Balaban J connectivity index is 2.49. The van der Waals surface area contributed by atoms with E-state index in [4.69, 9.17) is 9.47 Å². The zero-order valence-electron chi connectivity index (χ0n) is 6.84. The van der Waals surface area contributed by atoms with Gasteiger partial charge in [-0.2, -0.15) is 0 Å². The molecule has 4 nitrogen and oxygen atoms in total. The second-order valence-corrected chi connectivity index (χ2v) is 3.05. The molecular weight excluding hydrogens is 228 g/mol. The lowest BCUT2D eigenvalue weighted by atomic mass is 10.2. The summed E-state index contributed by atoms with van der Waals surface area (Å²) in [7, 11) is 1.35. The third-order valence-electron chi connectivity index (χ3n) is 1.66. The van der Waals surface area contributed by atoms with Crippen LogP contribution in [0.25, 0.3) is 0 Å². The number of carbonyl (C=O) groups excluding carboxylic acids is 1. The fraction of sp³-hybridized carbons (Fsp3) is 0.857. The minimum Gasteiger partial charge on any atom is -0.469 e. The number of hydrogen-bond donors (Lipinski definition) is 0. The molecule has 1 aliphatic rings. The molecule has 0 atom stereocenters. The quantitative estimate of drug-likeness (QED) is 0.536. The van der Waals surface area contributed by atoms with Crippen molar-refractivity contribution in [1.82, 2.24) is 0 Å². The highest BCUT2D eigenvalue weighted by Crippen LogP contribution is 2.25. The maximum atomic E-state index is 10.9. The number of methoxy groups -OCH3 is 1. The minimum atomic E-state index is -0.799. The van der Waals surface area contributed by atoms with Crippen molar-refractivity contribution in [2.24, 2.45) is 0 Å². The first-order valence-electron chi connectivity index (χ1n) is 3.63. The van der Waals surface area contributed by atoms with Crippen LogP contribution in [0.3, 0.4) is 0 Å². The lowest BCUT2D eigenvalue weighted by Crippen LogP contribution is -2.35. The molecule has 0 aromatic carbocycles. The number of alkyl halides is 1. The highest BCUT2D eigenvalue weighted by atomic mass is 79.9. The second-order valence-electron chi connectivity index (χ2n) is 2.49. The minimum absolute atomic E-state index is 0.134. The van der Waals surface area contributed by atoms with E-state index in [1.807, 2.05) is 0 Å². The van der Waals surface area contributed by atoms with Gasteiger partial charge in [0.25, 0.3) is 0 Å². The molecule has 1 fully saturated rings. The van der Waals surface area contributed by atoms with Gasteiger partial charge in [-0.1, -0.05) is 15.9 Å². The summed E-state index contributed by atoms with van der Waals surface area (Å²) in [6.07, 6.45) is 0.134. The molecule has 0 aromatic rings. The van der Waals surface area contributed by atoms with Crippen molar-refractivity contribution in [2.45, 2.75) is 12.2 Å². The number of halogens is 1. The highest BCUT2D eigenvalue weighted by molar-refractivity contribution is 9.09. The van der Waals surface area contributed by atoms with Crippen molar-refractivity contribution in [3.05, 3.63) is 0 Å². The van der Waals surface area contributed by atoms with Crippen LogP contribution in [-0.2, 0) is 19.0 Å². The molecular formula is C7H11BrO4. The Bertz CT molecular complexity index is 165. The standard InChI is InChI=1S/C7H11BrO4/c1-10-6(9)4-7(5-8)11-2-3-12-7/h2-5H2,1H3. The van der Waals surface area contributed by atoms with Crippen molar-refractivity contribution in [3.8, 4) is 0 Å². The second kappa shape index (κ2) is 4.20. The molecule has 0 aromatic heterocycles. The summed E-state index contributed by atoms with van der Waals surface area (Å²) in [5.41, 5.74) is 0. The van der Waals surface area contributed by atoms with E-state index in [1.165, 1.54) is 7.11 Å². The van der Waals surface area contributed by atoms with E-state index in [0.717, 1.165) is 0 Å². The van der Waals surface area contributed by atoms with Crippen molar-refractivity contribution in [3.63, 3.8) is 0 Å². The predicted octanol–water partition coefficient (Wildman–Crippen LogP) is 0.687. The predicted molar refractivity (Wildman–Crippen MR) is 45.1 cm³/mol. The van der Waals surface area contributed by atoms with Gasteiger partial charge in [-0.3, -0.25) is 4.79 Å². The summed E-state index contributed by atoms with van der Waals surface area (Å²) in [6.45, 7) is 1.06. The summed E-state index contributed by atoms with van der Waals surface area (Å²) in [6, 6.07) is 0. The molecule has 0 aliphatic carbocycles.